The van der Waals surface area contributed by atoms with E-state index >= 15 is 0 Å². The van der Waals surface area contributed by atoms with Gasteiger partial charge in [0.2, 0.25) is 0 Å². The van der Waals surface area contributed by atoms with Gasteiger partial charge in [0.25, 0.3) is 0 Å². The Kier molecular flexibility index (Phi) is 2.88. The van der Waals surface area contributed by atoms with Crippen LogP contribution in [-0.2, 0) is 0 Å². The van der Waals surface area contributed by atoms with Gasteiger partial charge in [-0.05, 0) is 6.07 Å². The molecule has 0 fully saturated rings. The highest BCUT2D eigenvalue weighted by Crippen LogP contribution is 2.22. The van der Waals surface area contributed by atoms with Crippen molar-refractivity contribution >= 4 is 0 Å². The van der Waals surface area contributed by atoms with E-state index in [1.54, 1.807) is 0 Å². The summed E-state index contributed by atoms with van der Waals surface area (Å²) in [6.45, 7) is 0. The lowest BCUT2D eigenvalue weighted by Gasteiger charge is -2.13. The van der Waals surface area contributed by atoms with Crippen LogP contribution in [0, 0.1) is 11.6 Å². The molecule has 0 saturated heterocycles. The maximum Gasteiger partial charge on any atom is 0.131 e. The van der Waals surface area contributed by atoms with Crippen LogP contribution in [0.4, 0.5) is 8.78 Å². The zero-order valence-corrected chi connectivity index (χ0v) is 8.11. The third-order valence-electron chi connectivity index (χ3n) is 2.17. The third kappa shape index (κ3) is 1.90. The van der Waals surface area contributed by atoms with E-state index in [9.17, 15) is 8.78 Å². The monoisotopic (exact) mass is 225 g/mol. The van der Waals surface area contributed by atoms with Crippen molar-refractivity contribution in [3.05, 3.63) is 47.3 Å². The first kappa shape index (κ1) is 10.7. The quantitative estimate of drug-likeness (QED) is 0.529. The summed E-state index contributed by atoms with van der Waals surface area (Å²) in [4.78, 5) is 0. The fourth-order valence-corrected chi connectivity index (χ4v) is 1.42. The van der Waals surface area contributed by atoms with Gasteiger partial charge in [0, 0.05) is 11.6 Å². The van der Waals surface area contributed by atoms with Crippen molar-refractivity contribution in [3.63, 3.8) is 0 Å². The minimum Gasteiger partial charge on any atom is -0.271 e. The van der Waals surface area contributed by atoms with E-state index in [0.717, 1.165) is 12.1 Å². The first-order chi connectivity index (χ1) is 7.72. The van der Waals surface area contributed by atoms with Crippen LogP contribution >= 0.6 is 0 Å². The van der Waals surface area contributed by atoms with E-state index in [4.69, 9.17) is 5.84 Å². The molecule has 1 unspecified atom stereocenters. The number of aromatic amines is 1. The van der Waals surface area contributed by atoms with Gasteiger partial charge in [0.15, 0.2) is 0 Å². The normalized spacial score (nSPS) is 12.7. The second kappa shape index (κ2) is 4.33. The molecule has 2 rings (SSSR count). The highest BCUT2D eigenvalue weighted by Gasteiger charge is 2.19. The lowest BCUT2D eigenvalue weighted by atomic mass is 10.0. The van der Waals surface area contributed by atoms with Crippen molar-refractivity contribution in [1.29, 1.82) is 0 Å². The number of aromatic nitrogens is 3. The molecule has 0 saturated carbocycles. The Hall–Kier alpha value is -1.86. The molecule has 0 radical (unpaired) electrons. The van der Waals surface area contributed by atoms with E-state index in [-0.39, 0.29) is 5.56 Å². The van der Waals surface area contributed by atoms with Crippen LogP contribution < -0.4 is 11.3 Å². The summed E-state index contributed by atoms with van der Waals surface area (Å²) in [5.74, 6) is 3.98. The van der Waals surface area contributed by atoms with Crippen molar-refractivity contribution in [1.82, 2.24) is 20.8 Å². The van der Waals surface area contributed by atoms with Crippen molar-refractivity contribution in [2.45, 2.75) is 6.04 Å². The minimum atomic E-state index is -0.689. The van der Waals surface area contributed by atoms with Crippen LogP contribution in [-0.4, -0.2) is 15.4 Å². The summed E-state index contributed by atoms with van der Waals surface area (Å²) in [5, 5.41) is 9.78. The zero-order valence-electron chi connectivity index (χ0n) is 8.11. The van der Waals surface area contributed by atoms with Gasteiger partial charge in [0.05, 0.1) is 12.2 Å². The first-order valence-corrected chi connectivity index (χ1v) is 4.49. The number of benzene rings is 1. The number of halogens is 2. The van der Waals surface area contributed by atoms with E-state index in [1.165, 1.54) is 12.3 Å². The van der Waals surface area contributed by atoms with Gasteiger partial charge >= 0.3 is 0 Å². The smallest absolute Gasteiger partial charge is 0.131 e. The summed E-state index contributed by atoms with van der Waals surface area (Å²) < 4.78 is 26.2. The van der Waals surface area contributed by atoms with E-state index in [1.807, 2.05) is 0 Å². The van der Waals surface area contributed by atoms with E-state index < -0.39 is 17.7 Å². The predicted octanol–water partition coefficient (Wildman–Crippen LogP) is 0.636. The van der Waals surface area contributed by atoms with Gasteiger partial charge in [-0.25, -0.2) is 14.2 Å². The molecule has 1 heterocycles. The highest BCUT2D eigenvalue weighted by atomic mass is 19.1. The molecule has 0 spiro atoms. The summed E-state index contributed by atoms with van der Waals surface area (Å²) in [7, 11) is 0. The lowest BCUT2D eigenvalue weighted by molar-refractivity contribution is 0.536. The van der Waals surface area contributed by atoms with E-state index in [2.05, 4.69) is 20.8 Å². The third-order valence-corrected chi connectivity index (χ3v) is 2.17. The largest absolute Gasteiger partial charge is 0.271 e. The molecule has 0 amide bonds. The fourth-order valence-electron chi connectivity index (χ4n) is 1.42. The molecule has 84 valence electrons. The van der Waals surface area contributed by atoms with Gasteiger partial charge in [-0.2, -0.15) is 15.4 Å². The highest BCUT2D eigenvalue weighted by molar-refractivity contribution is 5.27. The number of hydrogen-bond acceptors (Lipinski definition) is 4. The SMILES string of the molecule is NNC(c1cn[nH]n1)c1ccc(F)cc1F. The zero-order chi connectivity index (χ0) is 11.5. The van der Waals surface area contributed by atoms with Crippen molar-refractivity contribution in [3.8, 4) is 0 Å². The molecular formula is C9H9F2N5. The van der Waals surface area contributed by atoms with Crippen LogP contribution in [0.5, 0.6) is 0 Å². The summed E-state index contributed by atoms with van der Waals surface area (Å²) >= 11 is 0. The molecule has 1 aromatic carbocycles. The van der Waals surface area contributed by atoms with Gasteiger partial charge in [-0.1, -0.05) is 6.07 Å². The van der Waals surface area contributed by atoms with Crippen LogP contribution in [0.15, 0.2) is 24.4 Å². The second-order valence-electron chi connectivity index (χ2n) is 3.16. The summed E-state index contributed by atoms with van der Waals surface area (Å²) in [6, 6.07) is 2.59. The van der Waals surface area contributed by atoms with Gasteiger partial charge in [0.1, 0.15) is 17.3 Å². The average molecular weight is 225 g/mol. The Morgan fingerprint density at radius 3 is 2.75 bits per heavy atom. The Balaban J connectivity index is 2.41. The molecule has 1 atom stereocenters. The van der Waals surface area contributed by atoms with Gasteiger partial charge in [-0.3, -0.25) is 5.84 Å². The Morgan fingerprint density at radius 2 is 2.19 bits per heavy atom. The number of nitrogens with one attached hydrogen (secondary N) is 2. The Labute approximate surface area is 89.6 Å². The molecule has 7 heteroatoms. The average Bonchev–Trinajstić information content (AvgIpc) is 2.75. The van der Waals surface area contributed by atoms with Crippen LogP contribution in [0.2, 0.25) is 0 Å². The van der Waals surface area contributed by atoms with Crippen molar-refractivity contribution < 1.29 is 8.78 Å². The van der Waals surface area contributed by atoms with Crippen LogP contribution in [0.3, 0.4) is 0 Å². The van der Waals surface area contributed by atoms with Crippen LogP contribution in [0.1, 0.15) is 17.3 Å². The maximum absolute atomic E-state index is 13.5. The lowest BCUT2D eigenvalue weighted by Crippen LogP contribution is -2.29. The molecule has 2 aromatic rings. The predicted molar refractivity (Wildman–Crippen MR) is 51.9 cm³/mol. The standard InChI is InChI=1S/C9H9F2N5/c10-5-1-2-6(7(11)3-5)9(14-12)8-4-13-16-15-8/h1-4,9,14H,12H2,(H,13,15,16). The van der Waals surface area contributed by atoms with Crippen molar-refractivity contribution in [2.24, 2.45) is 5.84 Å². The van der Waals surface area contributed by atoms with Crippen molar-refractivity contribution in [2.75, 3.05) is 0 Å². The fraction of sp³-hybridized carbons (Fsp3) is 0.111. The molecule has 16 heavy (non-hydrogen) atoms. The Morgan fingerprint density at radius 1 is 1.38 bits per heavy atom. The topological polar surface area (TPSA) is 79.6 Å². The molecular weight excluding hydrogens is 216 g/mol. The number of nitrogens with zero attached hydrogens (tertiary/aromatic N) is 2. The minimum absolute atomic E-state index is 0.206. The Bertz CT molecular complexity index is 471. The summed E-state index contributed by atoms with van der Waals surface area (Å²) in [5.41, 5.74) is 3.03. The van der Waals surface area contributed by atoms with Crippen LogP contribution in [0.25, 0.3) is 0 Å². The van der Waals surface area contributed by atoms with E-state index in [0.29, 0.717) is 5.69 Å². The number of hydrazine groups is 1. The van der Waals surface area contributed by atoms with Gasteiger partial charge < -0.3 is 0 Å². The number of nitrogens with two attached hydrogens (primary N) is 1. The summed E-state index contributed by atoms with van der Waals surface area (Å²) in [6.07, 6.45) is 1.41. The maximum atomic E-state index is 13.5. The molecule has 0 aliphatic heterocycles. The molecule has 0 aliphatic carbocycles. The molecule has 0 aliphatic rings. The van der Waals surface area contributed by atoms with Gasteiger partial charge in [-0.15, -0.1) is 0 Å². The second-order valence-corrected chi connectivity index (χ2v) is 3.16. The molecule has 1 aromatic heterocycles. The number of rotatable bonds is 3. The first-order valence-electron chi connectivity index (χ1n) is 4.49. The molecule has 0 bridgehead atoms. The number of H-pyrrole nitrogens is 1. The molecule has 4 N–H and O–H groups in total. The molecule has 5 nitrogen and oxygen atoms in total. The number of hydrogen-bond donors (Lipinski definition) is 3.